The third-order valence-electron chi connectivity index (χ3n) is 5.25. The number of amides is 2. The summed E-state index contributed by atoms with van der Waals surface area (Å²) in [7, 11) is 1.25. The molecule has 0 saturated heterocycles. The fourth-order valence-corrected chi connectivity index (χ4v) is 3.94. The highest BCUT2D eigenvalue weighted by Crippen LogP contribution is 2.38. The Hall–Kier alpha value is -2.71. The first-order valence-corrected chi connectivity index (χ1v) is 9.80. The maximum absolute atomic E-state index is 14.1. The fraction of sp³-hybridized carbons (Fsp3) is 0.571. The monoisotopic (exact) mass is 424 g/mol. The molecule has 0 unspecified atom stereocenters. The molecule has 1 aromatic carbocycles. The zero-order chi connectivity index (χ0) is 22.3. The molecule has 9 heteroatoms. The number of alkyl halides is 2. The second-order valence-corrected chi connectivity index (χ2v) is 8.72. The summed E-state index contributed by atoms with van der Waals surface area (Å²) in [6, 6.07) is 3.11. The molecule has 0 aromatic heterocycles. The number of nitrogens with one attached hydrogen (secondary N) is 1. The lowest BCUT2D eigenvalue weighted by Gasteiger charge is -2.41. The van der Waals surface area contributed by atoms with Gasteiger partial charge in [-0.05, 0) is 44.9 Å². The summed E-state index contributed by atoms with van der Waals surface area (Å²) in [5.74, 6) is -3.86. The number of alkyl carbamates (subject to hydrolysis) is 1. The van der Waals surface area contributed by atoms with Crippen molar-refractivity contribution >= 4 is 18.0 Å². The Morgan fingerprint density at radius 2 is 1.97 bits per heavy atom. The van der Waals surface area contributed by atoms with Crippen molar-refractivity contribution in [1.29, 1.82) is 0 Å². The lowest BCUT2D eigenvalue weighted by atomic mass is 9.86. The molecule has 1 heterocycles. The lowest BCUT2D eigenvalue weighted by molar-refractivity contribution is -0.0647. The molecule has 0 bridgehead atoms. The number of rotatable bonds is 3. The summed E-state index contributed by atoms with van der Waals surface area (Å²) < 4.78 is 38.1. The van der Waals surface area contributed by atoms with E-state index in [1.165, 1.54) is 18.1 Å². The maximum atomic E-state index is 14.1. The van der Waals surface area contributed by atoms with Gasteiger partial charge in [-0.1, -0.05) is 6.07 Å². The van der Waals surface area contributed by atoms with Gasteiger partial charge in [-0.3, -0.25) is 4.79 Å². The molecule has 2 atom stereocenters. The van der Waals surface area contributed by atoms with E-state index in [2.05, 4.69) is 10.1 Å². The van der Waals surface area contributed by atoms with Gasteiger partial charge < -0.3 is 19.7 Å². The van der Waals surface area contributed by atoms with Crippen molar-refractivity contribution in [2.75, 3.05) is 7.11 Å². The number of methoxy groups -OCH3 is 1. The zero-order valence-electron chi connectivity index (χ0n) is 17.5. The van der Waals surface area contributed by atoms with E-state index >= 15 is 0 Å². The third-order valence-corrected chi connectivity index (χ3v) is 5.25. The summed E-state index contributed by atoms with van der Waals surface area (Å²) >= 11 is 0. The minimum atomic E-state index is -2.94. The van der Waals surface area contributed by atoms with Gasteiger partial charge in [0.1, 0.15) is 5.60 Å². The van der Waals surface area contributed by atoms with E-state index in [1.54, 1.807) is 32.9 Å². The van der Waals surface area contributed by atoms with Gasteiger partial charge in [0.15, 0.2) is 0 Å². The highest BCUT2D eigenvalue weighted by Gasteiger charge is 2.47. The van der Waals surface area contributed by atoms with E-state index in [4.69, 9.17) is 4.74 Å². The van der Waals surface area contributed by atoms with Gasteiger partial charge in [-0.15, -0.1) is 0 Å². The van der Waals surface area contributed by atoms with Crippen LogP contribution >= 0.6 is 0 Å². The van der Waals surface area contributed by atoms with E-state index in [-0.39, 0.29) is 30.9 Å². The Bertz CT molecular complexity index is 865. The predicted molar refractivity (Wildman–Crippen MR) is 103 cm³/mol. The van der Waals surface area contributed by atoms with Gasteiger partial charge in [0.2, 0.25) is 5.92 Å². The molecule has 1 saturated carbocycles. The Morgan fingerprint density at radius 3 is 2.60 bits per heavy atom. The van der Waals surface area contributed by atoms with E-state index in [9.17, 15) is 23.2 Å². The van der Waals surface area contributed by atoms with E-state index in [0.29, 0.717) is 11.1 Å². The first kappa shape index (κ1) is 22.0. The molecule has 3 rings (SSSR count). The second kappa shape index (κ2) is 7.85. The average Bonchev–Trinajstić information content (AvgIpc) is 2.95. The minimum absolute atomic E-state index is 0.0387. The zero-order valence-corrected chi connectivity index (χ0v) is 17.5. The van der Waals surface area contributed by atoms with Crippen LogP contribution < -0.4 is 5.32 Å². The number of esters is 1. The maximum Gasteiger partial charge on any atom is 0.407 e. The number of ether oxygens (including phenoxy) is 2. The van der Waals surface area contributed by atoms with Crippen LogP contribution in [0.4, 0.5) is 13.6 Å². The van der Waals surface area contributed by atoms with Gasteiger partial charge in [0.05, 0.1) is 24.8 Å². The van der Waals surface area contributed by atoms with Crippen LogP contribution in [0.1, 0.15) is 66.3 Å². The molecule has 1 aromatic rings. The fourth-order valence-electron chi connectivity index (χ4n) is 3.94. The van der Waals surface area contributed by atoms with Gasteiger partial charge in [0.25, 0.3) is 5.91 Å². The summed E-state index contributed by atoms with van der Waals surface area (Å²) in [6.07, 6.45) is -1.72. The normalized spacial score (nSPS) is 23.0. The number of halogens is 2. The topological polar surface area (TPSA) is 84.9 Å². The Morgan fingerprint density at radius 1 is 1.27 bits per heavy atom. The average molecular weight is 424 g/mol. The molecule has 7 nitrogen and oxygen atoms in total. The van der Waals surface area contributed by atoms with Crippen molar-refractivity contribution < 1.29 is 32.6 Å². The predicted octanol–water partition coefficient (Wildman–Crippen LogP) is 3.51. The van der Waals surface area contributed by atoms with Crippen molar-refractivity contribution in [1.82, 2.24) is 10.2 Å². The summed E-state index contributed by atoms with van der Waals surface area (Å²) in [5.41, 5.74) is 0.498. The second-order valence-electron chi connectivity index (χ2n) is 8.72. The number of carbonyl (C=O) groups is 3. The van der Waals surface area contributed by atoms with Gasteiger partial charge in [-0.25, -0.2) is 18.4 Å². The highest BCUT2D eigenvalue weighted by molar-refractivity contribution is 6.01. The van der Waals surface area contributed by atoms with E-state index in [0.717, 1.165) is 0 Å². The van der Waals surface area contributed by atoms with Gasteiger partial charge in [0, 0.05) is 24.9 Å². The molecule has 1 aliphatic carbocycles. The molecular weight excluding hydrogens is 398 g/mol. The van der Waals surface area contributed by atoms with Crippen LogP contribution in [0.2, 0.25) is 0 Å². The summed E-state index contributed by atoms with van der Waals surface area (Å²) in [6.45, 7) is 5.26. The van der Waals surface area contributed by atoms with Crippen LogP contribution in [0, 0.1) is 0 Å². The number of carbonyl (C=O) groups excluding carboxylic acids is 3. The van der Waals surface area contributed by atoms with Gasteiger partial charge >= 0.3 is 12.1 Å². The standard InChI is InChI=1S/C21H26F2N2O5/c1-20(2,3)30-19(28)24-15-10-21(22,23)8-7-16(15)25-11-13-6-5-12(18(27)29-4)9-14(13)17(25)26/h5-6,9,15-16H,7-8,10-11H2,1-4H3,(H,24,28)/t15-,16-/m1/s1. The number of nitrogens with zero attached hydrogens (tertiary/aromatic N) is 1. The van der Waals surface area contributed by atoms with Crippen molar-refractivity contribution in [2.24, 2.45) is 0 Å². The number of benzene rings is 1. The first-order chi connectivity index (χ1) is 13.9. The summed E-state index contributed by atoms with van der Waals surface area (Å²) in [5, 5.41) is 2.53. The SMILES string of the molecule is COC(=O)c1ccc2c(c1)C(=O)N([C@@H]1CCC(F)(F)C[C@H]1NC(=O)OC(C)(C)C)C2. The van der Waals surface area contributed by atoms with Gasteiger partial charge in [-0.2, -0.15) is 0 Å². The summed E-state index contributed by atoms with van der Waals surface area (Å²) in [4.78, 5) is 38.5. The molecule has 0 spiro atoms. The van der Waals surface area contributed by atoms with Crippen LogP contribution in [-0.4, -0.2) is 53.6 Å². The molecule has 164 valence electrons. The van der Waals surface area contributed by atoms with Crippen molar-refractivity contribution in [3.8, 4) is 0 Å². The van der Waals surface area contributed by atoms with Crippen LogP contribution in [-0.2, 0) is 16.0 Å². The number of hydrogen-bond acceptors (Lipinski definition) is 5. The number of hydrogen-bond donors (Lipinski definition) is 1. The molecular formula is C21H26F2N2O5. The molecule has 1 aliphatic heterocycles. The van der Waals surface area contributed by atoms with E-state index in [1.807, 2.05) is 0 Å². The molecule has 2 aliphatic rings. The first-order valence-electron chi connectivity index (χ1n) is 9.80. The molecule has 0 radical (unpaired) electrons. The molecule has 1 N–H and O–H groups in total. The quantitative estimate of drug-likeness (QED) is 0.751. The van der Waals surface area contributed by atoms with Crippen molar-refractivity contribution in [2.45, 2.75) is 70.2 Å². The Kier molecular flexibility index (Phi) is 5.75. The molecule has 2 amide bonds. The highest BCUT2D eigenvalue weighted by atomic mass is 19.3. The smallest absolute Gasteiger partial charge is 0.407 e. The Balaban J connectivity index is 1.82. The molecule has 30 heavy (non-hydrogen) atoms. The van der Waals surface area contributed by atoms with Crippen LogP contribution in [0.25, 0.3) is 0 Å². The van der Waals surface area contributed by atoms with E-state index < -0.39 is 42.1 Å². The molecule has 1 fully saturated rings. The minimum Gasteiger partial charge on any atom is -0.465 e. The van der Waals surface area contributed by atoms with Crippen LogP contribution in [0.5, 0.6) is 0 Å². The number of fused-ring (bicyclic) bond motifs is 1. The largest absolute Gasteiger partial charge is 0.465 e. The van der Waals surface area contributed by atoms with Crippen LogP contribution in [0.15, 0.2) is 18.2 Å². The third kappa shape index (κ3) is 4.71. The lowest BCUT2D eigenvalue weighted by Crippen LogP contribution is -2.57. The van der Waals surface area contributed by atoms with Crippen molar-refractivity contribution in [3.05, 3.63) is 34.9 Å². The Labute approximate surface area is 173 Å². The van der Waals surface area contributed by atoms with Crippen molar-refractivity contribution in [3.63, 3.8) is 0 Å². The van der Waals surface area contributed by atoms with Crippen LogP contribution in [0.3, 0.4) is 0 Å².